The van der Waals surface area contributed by atoms with Crippen LogP contribution < -0.4 is 5.32 Å². The largest absolute Gasteiger partial charge is 0.375 e. The zero-order chi connectivity index (χ0) is 13.3. The molecule has 0 aliphatic carbocycles. The van der Waals surface area contributed by atoms with Gasteiger partial charge in [0.1, 0.15) is 6.61 Å². The number of ether oxygens (including phenoxy) is 1. The second-order valence-corrected chi connectivity index (χ2v) is 4.50. The van der Waals surface area contributed by atoms with Gasteiger partial charge in [-0.1, -0.05) is 6.92 Å². The molecule has 0 radical (unpaired) electrons. The van der Waals surface area contributed by atoms with Crippen molar-refractivity contribution in [3.05, 3.63) is 0 Å². The van der Waals surface area contributed by atoms with E-state index in [1.165, 1.54) is 0 Å². The highest BCUT2D eigenvalue weighted by atomic mass is 35.5. The van der Waals surface area contributed by atoms with Crippen LogP contribution in [0.5, 0.6) is 0 Å². The molecule has 0 aromatic carbocycles. The Morgan fingerprint density at radius 3 is 2.65 bits per heavy atom. The predicted molar refractivity (Wildman–Crippen MR) is 63.6 cm³/mol. The molecule has 1 N–H and O–H groups in total. The molecular formula is C11H20ClF2NO2. The highest BCUT2D eigenvalue weighted by molar-refractivity contribution is 6.17. The molecule has 102 valence electrons. The van der Waals surface area contributed by atoms with E-state index in [1.54, 1.807) is 0 Å². The number of rotatable bonds is 9. The van der Waals surface area contributed by atoms with Gasteiger partial charge in [-0.15, -0.1) is 11.6 Å². The van der Waals surface area contributed by atoms with Gasteiger partial charge in [0, 0.05) is 17.8 Å². The van der Waals surface area contributed by atoms with Crippen LogP contribution in [0.25, 0.3) is 0 Å². The molecule has 0 heterocycles. The first kappa shape index (κ1) is 16.6. The number of carbonyl (C=O) groups is 1. The maximum atomic E-state index is 11.7. The number of hydrogen-bond donors (Lipinski definition) is 1. The normalized spacial score (nSPS) is 14.7. The van der Waals surface area contributed by atoms with Crippen LogP contribution in [0.4, 0.5) is 8.78 Å². The number of halogens is 3. The number of hydrogen-bond acceptors (Lipinski definition) is 2. The lowest BCUT2D eigenvalue weighted by Gasteiger charge is -2.29. The molecule has 3 nitrogen and oxygen atoms in total. The van der Waals surface area contributed by atoms with E-state index in [2.05, 4.69) is 10.1 Å². The van der Waals surface area contributed by atoms with E-state index in [0.29, 0.717) is 12.3 Å². The Labute approximate surface area is 106 Å². The summed E-state index contributed by atoms with van der Waals surface area (Å²) in [6, 6.07) is 0. The second kappa shape index (κ2) is 8.64. The molecule has 0 rings (SSSR count). The molecule has 17 heavy (non-hydrogen) atoms. The Hall–Kier alpha value is -0.420. The summed E-state index contributed by atoms with van der Waals surface area (Å²) in [4.78, 5) is 11.5. The molecule has 0 aromatic heterocycles. The summed E-state index contributed by atoms with van der Waals surface area (Å²) in [6.07, 6.45) is -0.960. The van der Waals surface area contributed by atoms with Crippen molar-refractivity contribution in [1.82, 2.24) is 5.32 Å². The average molecular weight is 272 g/mol. The maximum Gasteiger partial charge on any atom is 0.261 e. The molecular weight excluding hydrogens is 252 g/mol. The molecule has 1 unspecified atom stereocenters. The summed E-state index contributed by atoms with van der Waals surface area (Å²) >= 11 is 5.65. The van der Waals surface area contributed by atoms with E-state index in [0.717, 1.165) is 6.42 Å². The van der Waals surface area contributed by atoms with Gasteiger partial charge < -0.3 is 10.1 Å². The highest BCUT2D eigenvalue weighted by Gasteiger charge is 2.23. The maximum absolute atomic E-state index is 11.7. The van der Waals surface area contributed by atoms with Crippen molar-refractivity contribution in [2.75, 3.05) is 19.1 Å². The monoisotopic (exact) mass is 271 g/mol. The molecule has 6 heteroatoms. The van der Waals surface area contributed by atoms with Crippen LogP contribution in [-0.4, -0.2) is 37.0 Å². The van der Waals surface area contributed by atoms with Gasteiger partial charge in [0.25, 0.3) is 6.43 Å². The first-order valence-electron chi connectivity index (χ1n) is 5.66. The summed E-state index contributed by atoms with van der Waals surface area (Å²) in [5, 5.41) is 2.84. The van der Waals surface area contributed by atoms with E-state index < -0.39 is 13.0 Å². The van der Waals surface area contributed by atoms with Gasteiger partial charge in [-0.25, -0.2) is 8.78 Å². The molecule has 1 amide bonds. The minimum atomic E-state index is -2.49. The quantitative estimate of drug-likeness (QED) is 0.517. The SMILES string of the molecule is CCC(C)(CCCl)NC(=O)CCOCC(F)F. The Kier molecular flexibility index (Phi) is 8.43. The van der Waals surface area contributed by atoms with E-state index in [9.17, 15) is 13.6 Å². The smallest absolute Gasteiger partial charge is 0.261 e. The first-order valence-corrected chi connectivity index (χ1v) is 6.20. The van der Waals surface area contributed by atoms with Crippen LogP contribution >= 0.6 is 11.6 Å². The van der Waals surface area contributed by atoms with Gasteiger partial charge in [0.2, 0.25) is 5.91 Å². The predicted octanol–water partition coefficient (Wildman–Crippen LogP) is 2.57. The third kappa shape index (κ3) is 8.32. The van der Waals surface area contributed by atoms with Gasteiger partial charge in [0.05, 0.1) is 6.61 Å². The number of alkyl halides is 3. The van der Waals surface area contributed by atoms with Gasteiger partial charge in [-0.05, 0) is 19.8 Å². The third-order valence-corrected chi connectivity index (χ3v) is 2.77. The molecule has 0 aliphatic heterocycles. The summed E-state index contributed by atoms with van der Waals surface area (Å²) < 4.78 is 28.1. The van der Waals surface area contributed by atoms with Crippen molar-refractivity contribution in [1.29, 1.82) is 0 Å². The van der Waals surface area contributed by atoms with Crippen LogP contribution in [0.1, 0.15) is 33.1 Å². The second-order valence-electron chi connectivity index (χ2n) is 4.12. The van der Waals surface area contributed by atoms with Crippen LogP contribution in [0.2, 0.25) is 0 Å². The average Bonchev–Trinajstić information content (AvgIpc) is 2.24. The minimum Gasteiger partial charge on any atom is -0.375 e. The Morgan fingerprint density at radius 2 is 2.18 bits per heavy atom. The molecule has 0 spiro atoms. The molecule has 1 atom stereocenters. The van der Waals surface area contributed by atoms with Gasteiger partial charge in [-0.3, -0.25) is 4.79 Å². The van der Waals surface area contributed by atoms with Crippen molar-refractivity contribution < 1.29 is 18.3 Å². The molecule has 0 bridgehead atoms. The van der Waals surface area contributed by atoms with Crippen LogP contribution in [0.3, 0.4) is 0 Å². The van der Waals surface area contributed by atoms with E-state index >= 15 is 0 Å². The highest BCUT2D eigenvalue weighted by Crippen LogP contribution is 2.15. The summed E-state index contributed by atoms with van der Waals surface area (Å²) in [5.41, 5.74) is -0.332. The van der Waals surface area contributed by atoms with Crippen LogP contribution in [-0.2, 0) is 9.53 Å². The summed E-state index contributed by atoms with van der Waals surface area (Å²) in [6.45, 7) is 3.25. The van der Waals surface area contributed by atoms with Crippen molar-refractivity contribution >= 4 is 17.5 Å². The molecule has 0 saturated carbocycles. The van der Waals surface area contributed by atoms with Crippen LogP contribution in [0.15, 0.2) is 0 Å². The minimum absolute atomic E-state index is 0.0108. The van der Waals surface area contributed by atoms with Gasteiger partial charge in [-0.2, -0.15) is 0 Å². The molecule has 0 fully saturated rings. The molecule has 0 aliphatic rings. The fourth-order valence-corrected chi connectivity index (χ4v) is 1.69. The zero-order valence-electron chi connectivity index (χ0n) is 10.3. The topological polar surface area (TPSA) is 38.3 Å². The van der Waals surface area contributed by atoms with Crippen molar-refractivity contribution in [2.24, 2.45) is 0 Å². The van der Waals surface area contributed by atoms with Gasteiger partial charge >= 0.3 is 0 Å². The third-order valence-electron chi connectivity index (χ3n) is 2.59. The zero-order valence-corrected chi connectivity index (χ0v) is 11.0. The number of carbonyl (C=O) groups excluding carboxylic acids is 1. The first-order chi connectivity index (χ1) is 7.93. The van der Waals surface area contributed by atoms with Crippen molar-refractivity contribution in [3.63, 3.8) is 0 Å². The summed E-state index contributed by atoms with van der Waals surface area (Å²) in [7, 11) is 0. The summed E-state index contributed by atoms with van der Waals surface area (Å²) in [5.74, 6) is 0.265. The Bertz CT molecular complexity index is 230. The standard InChI is InChI=1S/C11H20ClF2NO2/c1-3-11(2,5-6-12)15-10(16)4-7-17-8-9(13)14/h9H,3-8H2,1-2H3,(H,15,16). The Morgan fingerprint density at radius 1 is 1.53 bits per heavy atom. The lowest BCUT2D eigenvalue weighted by Crippen LogP contribution is -2.46. The molecule has 0 saturated heterocycles. The van der Waals surface area contributed by atoms with Crippen molar-refractivity contribution in [2.45, 2.75) is 45.1 Å². The van der Waals surface area contributed by atoms with E-state index in [4.69, 9.17) is 11.6 Å². The van der Waals surface area contributed by atoms with Crippen molar-refractivity contribution in [3.8, 4) is 0 Å². The molecule has 0 aromatic rings. The van der Waals surface area contributed by atoms with E-state index in [-0.39, 0.29) is 24.5 Å². The lowest BCUT2D eigenvalue weighted by molar-refractivity contribution is -0.124. The van der Waals surface area contributed by atoms with E-state index in [1.807, 2.05) is 13.8 Å². The fraction of sp³-hybridized carbons (Fsp3) is 0.909. The van der Waals surface area contributed by atoms with Crippen LogP contribution in [0, 0.1) is 0 Å². The fourth-order valence-electron chi connectivity index (χ4n) is 1.27. The number of amides is 1. The lowest BCUT2D eigenvalue weighted by atomic mass is 9.95. The Balaban J connectivity index is 3.83. The van der Waals surface area contributed by atoms with Gasteiger partial charge in [0.15, 0.2) is 0 Å². The number of nitrogens with one attached hydrogen (secondary N) is 1.